The molecule has 0 saturated carbocycles. The Kier molecular flexibility index (Phi) is 4.04. The predicted octanol–water partition coefficient (Wildman–Crippen LogP) is 1.70. The van der Waals surface area contributed by atoms with Gasteiger partial charge in [0.25, 0.3) is 0 Å². The van der Waals surface area contributed by atoms with Gasteiger partial charge in [-0.3, -0.25) is 9.59 Å². The van der Waals surface area contributed by atoms with E-state index in [0.29, 0.717) is 12.3 Å². The number of fused-ring (bicyclic) bond motifs is 1. The standard InChI is InChI=1S/C14H17NO4/c1-2-5-15-13(17)6-9-7-14(18)19-12-8-10(16)3-4-11(9)12/h3-4,8-9,16H,2,5-7H2,1H3,(H,15,17). The van der Waals surface area contributed by atoms with Crippen LogP contribution >= 0.6 is 0 Å². The quantitative estimate of drug-likeness (QED) is 0.640. The van der Waals surface area contributed by atoms with Gasteiger partial charge >= 0.3 is 5.97 Å². The maximum atomic E-state index is 11.7. The molecule has 0 radical (unpaired) electrons. The number of carbonyl (C=O) groups is 2. The lowest BCUT2D eigenvalue weighted by Gasteiger charge is -2.24. The highest BCUT2D eigenvalue weighted by atomic mass is 16.5. The van der Waals surface area contributed by atoms with Crippen LogP contribution in [0.15, 0.2) is 18.2 Å². The van der Waals surface area contributed by atoms with Crippen molar-refractivity contribution in [2.75, 3.05) is 6.54 Å². The smallest absolute Gasteiger partial charge is 0.311 e. The van der Waals surface area contributed by atoms with Crippen molar-refractivity contribution in [2.24, 2.45) is 0 Å². The third kappa shape index (κ3) is 3.24. The second-order valence-corrected chi connectivity index (χ2v) is 4.65. The molecule has 0 fully saturated rings. The van der Waals surface area contributed by atoms with Crippen LogP contribution in [-0.4, -0.2) is 23.5 Å². The number of benzene rings is 1. The molecular weight excluding hydrogens is 246 g/mol. The fraction of sp³-hybridized carbons (Fsp3) is 0.429. The third-order valence-corrected chi connectivity index (χ3v) is 3.08. The van der Waals surface area contributed by atoms with Crippen molar-refractivity contribution in [2.45, 2.75) is 32.1 Å². The molecule has 19 heavy (non-hydrogen) atoms. The molecular formula is C14H17NO4. The van der Waals surface area contributed by atoms with Gasteiger partial charge in [0.15, 0.2) is 0 Å². The molecule has 102 valence electrons. The second-order valence-electron chi connectivity index (χ2n) is 4.65. The summed E-state index contributed by atoms with van der Waals surface area (Å²) < 4.78 is 5.07. The van der Waals surface area contributed by atoms with Gasteiger partial charge in [0.05, 0.1) is 6.42 Å². The number of esters is 1. The van der Waals surface area contributed by atoms with E-state index in [1.54, 1.807) is 6.07 Å². The lowest BCUT2D eigenvalue weighted by molar-refractivity contribution is -0.136. The van der Waals surface area contributed by atoms with E-state index in [1.165, 1.54) is 12.1 Å². The molecule has 2 N–H and O–H groups in total. The lowest BCUT2D eigenvalue weighted by Crippen LogP contribution is -2.28. The molecule has 1 aliphatic heterocycles. The molecule has 2 rings (SSSR count). The minimum Gasteiger partial charge on any atom is -0.508 e. The highest BCUT2D eigenvalue weighted by Crippen LogP contribution is 2.38. The van der Waals surface area contributed by atoms with Gasteiger partial charge in [0.2, 0.25) is 5.91 Å². The Morgan fingerprint density at radius 2 is 2.32 bits per heavy atom. The molecule has 0 aliphatic carbocycles. The van der Waals surface area contributed by atoms with Crippen LogP contribution in [0, 0.1) is 0 Å². The number of aromatic hydroxyl groups is 1. The van der Waals surface area contributed by atoms with Gasteiger partial charge in [-0.25, -0.2) is 0 Å². The largest absolute Gasteiger partial charge is 0.508 e. The fourth-order valence-electron chi connectivity index (χ4n) is 2.17. The van der Waals surface area contributed by atoms with Gasteiger partial charge in [0, 0.05) is 24.9 Å². The van der Waals surface area contributed by atoms with E-state index >= 15 is 0 Å². The summed E-state index contributed by atoms with van der Waals surface area (Å²) in [4.78, 5) is 23.2. The van der Waals surface area contributed by atoms with Gasteiger partial charge in [-0.15, -0.1) is 0 Å². The Labute approximate surface area is 111 Å². The molecule has 5 nitrogen and oxygen atoms in total. The molecule has 1 amide bonds. The van der Waals surface area contributed by atoms with E-state index in [4.69, 9.17) is 4.74 Å². The average molecular weight is 263 g/mol. The number of amides is 1. The minimum absolute atomic E-state index is 0.0441. The summed E-state index contributed by atoms with van der Waals surface area (Å²) in [5.74, 6) is -0.229. The Bertz CT molecular complexity index is 498. The zero-order valence-electron chi connectivity index (χ0n) is 10.8. The number of nitrogens with one attached hydrogen (secondary N) is 1. The van der Waals surface area contributed by atoms with Crippen LogP contribution in [0.3, 0.4) is 0 Å². The topological polar surface area (TPSA) is 75.6 Å². The normalized spacial score (nSPS) is 17.5. The highest BCUT2D eigenvalue weighted by Gasteiger charge is 2.28. The monoisotopic (exact) mass is 263 g/mol. The van der Waals surface area contributed by atoms with Crippen LogP contribution in [0.2, 0.25) is 0 Å². The highest BCUT2D eigenvalue weighted by molar-refractivity contribution is 5.81. The van der Waals surface area contributed by atoms with E-state index in [-0.39, 0.29) is 36.4 Å². The minimum atomic E-state index is -0.369. The Hall–Kier alpha value is -2.04. The van der Waals surface area contributed by atoms with Crippen molar-refractivity contribution in [1.82, 2.24) is 5.32 Å². The van der Waals surface area contributed by atoms with E-state index < -0.39 is 0 Å². The maximum Gasteiger partial charge on any atom is 0.311 e. The molecule has 1 aromatic carbocycles. The van der Waals surface area contributed by atoms with Crippen molar-refractivity contribution in [1.29, 1.82) is 0 Å². The van der Waals surface area contributed by atoms with Crippen LogP contribution in [0.5, 0.6) is 11.5 Å². The Morgan fingerprint density at radius 1 is 1.53 bits per heavy atom. The number of hydrogen-bond acceptors (Lipinski definition) is 4. The van der Waals surface area contributed by atoms with Crippen LogP contribution < -0.4 is 10.1 Å². The molecule has 0 saturated heterocycles. The zero-order chi connectivity index (χ0) is 13.8. The van der Waals surface area contributed by atoms with Gasteiger partial charge in [-0.05, 0) is 18.1 Å². The third-order valence-electron chi connectivity index (χ3n) is 3.08. The molecule has 0 spiro atoms. The predicted molar refractivity (Wildman–Crippen MR) is 69.0 cm³/mol. The Balaban J connectivity index is 2.14. The molecule has 1 aliphatic rings. The van der Waals surface area contributed by atoms with Gasteiger partial charge in [-0.2, -0.15) is 0 Å². The molecule has 0 aromatic heterocycles. The first-order valence-electron chi connectivity index (χ1n) is 6.40. The molecule has 1 heterocycles. The van der Waals surface area contributed by atoms with Crippen LogP contribution in [0.1, 0.15) is 37.7 Å². The van der Waals surface area contributed by atoms with Gasteiger partial charge in [0.1, 0.15) is 11.5 Å². The van der Waals surface area contributed by atoms with Crippen molar-refractivity contribution >= 4 is 11.9 Å². The van der Waals surface area contributed by atoms with Gasteiger partial charge < -0.3 is 15.2 Å². The summed E-state index contributed by atoms with van der Waals surface area (Å²) in [5.41, 5.74) is 0.795. The summed E-state index contributed by atoms with van der Waals surface area (Å²) in [5, 5.41) is 12.2. The van der Waals surface area contributed by atoms with Crippen molar-refractivity contribution in [3.05, 3.63) is 23.8 Å². The molecule has 5 heteroatoms. The van der Waals surface area contributed by atoms with E-state index in [9.17, 15) is 14.7 Å². The van der Waals surface area contributed by atoms with E-state index in [1.807, 2.05) is 6.92 Å². The van der Waals surface area contributed by atoms with Crippen molar-refractivity contribution in [3.63, 3.8) is 0 Å². The summed E-state index contributed by atoms with van der Waals surface area (Å²) in [6, 6.07) is 4.65. The average Bonchev–Trinajstić information content (AvgIpc) is 2.35. The zero-order valence-corrected chi connectivity index (χ0v) is 10.8. The van der Waals surface area contributed by atoms with Crippen molar-refractivity contribution in [3.8, 4) is 11.5 Å². The maximum absolute atomic E-state index is 11.7. The Morgan fingerprint density at radius 3 is 3.05 bits per heavy atom. The summed E-state index contributed by atoms with van der Waals surface area (Å²) in [6.07, 6.45) is 1.33. The summed E-state index contributed by atoms with van der Waals surface area (Å²) in [6.45, 7) is 2.62. The molecule has 1 unspecified atom stereocenters. The lowest BCUT2D eigenvalue weighted by atomic mass is 9.89. The summed E-state index contributed by atoms with van der Waals surface area (Å²) >= 11 is 0. The fourth-order valence-corrected chi connectivity index (χ4v) is 2.17. The van der Waals surface area contributed by atoms with E-state index in [2.05, 4.69) is 5.32 Å². The first-order valence-corrected chi connectivity index (χ1v) is 6.40. The van der Waals surface area contributed by atoms with Crippen LogP contribution in [0.25, 0.3) is 0 Å². The second kappa shape index (κ2) is 5.73. The molecule has 1 atom stereocenters. The molecule has 0 bridgehead atoms. The number of carbonyl (C=O) groups excluding carboxylic acids is 2. The number of phenolic OH excluding ortho intramolecular Hbond substituents is 1. The summed E-state index contributed by atoms with van der Waals surface area (Å²) in [7, 11) is 0. The number of ether oxygens (including phenoxy) is 1. The van der Waals surface area contributed by atoms with Crippen LogP contribution in [0.4, 0.5) is 0 Å². The number of rotatable bonds is 4. The van der Waals surface area contributed by atoms with E-state index in [0.717, 1.165) is 12.0 Å². The molecule has 1 aromatic rings. The first-order chi connectivity index (χ1) is 9.10. The number of hydrogen-bond donors (Lipinski definition) is 2. The first kappa shape index (κ1) is 13.4. The number of phenols is 1. The van der Waals surface area contributed by atoms with Crippen molar-refractivity contribution < 1.29 is 19.4 Å². The van der Waals surface area contributed by atoms with Crippen LogP contribution in [-0.2, 0) is 9.59 Å². The van der Waals surface area contributed by atoms with Gasteiger partial charge in [-0.1, -0.05) is 13.0 Å². The SMILES string of the molecule is CCCNC(=O)CC1CC(=O)Oc2cc(O)ccc21.